The molecule has 0 spiro atoms. The molecule has 0 aliphatic rings. The van der Waals surface area contributed by atoms with E-state index in [2.05, 4.69) is 26.5 Å². The van der Waals surface area contributed by atoms with Gasteiger partial charge >= 0.3 is 0 Å². The van der Waals surface area contributed by atoms with E-state index in [9.17, 15) is 4.79 Å². The van der Waals surface area contributed by atoms with E-state index in [1.54, 1.807) is 43.5 Å². The van der Waals surface area contributed by atoms with Gasteiger partial charge in [-0.15, -0.1) is 0 Å². The molecule has 0 aromatic heterocycles. The average molecular weight is 454 g/mol. The molecular formula is C22H20BrN3O3. The van der Waals surface area contributed by atoms with Crippen LogP contribution in [0.15, 0.2) is 76.3 Å². The van der Waals surface area contributed by atoms with Gasteiger partial charge in [-0.05, 0) is 59.7 Å². The van der Waals surface area contributed by atoms with Crippen molar-refractivity contribution in [2.75, 3.05) is 12.8 Å². The number of halogens is 1. The number of carbonyl (C=O) groups excluding carboxylic acids is 1. The number of hydrogen-bond acceptors (Lipinski definition) is 5. The number of amides is 1. The summed E-state index contributed by atoms with van der Waals surface area (Å²) in [6.45, 7) is 0.424. The van der Waals surface area contributed by atoms with Gasteiger partial charge in [-0.1, -0.05) is 34.1 Å². The van der Waals surface area contributed by atoms with Crippen LogP contribution in [-0.4, -0.2) is 19.2 Å². The van der Waals surface area contributed by atoms with Crippen molar-refractivity contribution < 1.29 is 14.3 Å². The van der Waals surface area contributed by atoms with Crippen LogP contribution < -0.4 is 20.6 Å². The van der Waals surface area contributed by atoms with Gasteiger partial charge in [-0.3, -0.25) is 4.79 Å². The zero-order chi connectivity index (χ0) is 20.6. The number of carbonyl (C=O) groups is 1. The Kier molecular flexibility index (Phi) is 6.86. The molecule has 0 radical (unpaired) electrons. The van der Waals surface area contributed by atoms with Crippen molar-refractivity contribution in [3.05, 3.63) is 87.9 Å². The minimum absolute atomic E-state index is 0.338. The summed E-state index contributed by atoms with van der Waals surface area (Å²) < 4.78 is 12.3. The Balaban J connectivity index is 1.62. The van der Waals surface area contributed by atoms with Crippen molar-refractivity contribution in [1.29, 1.82) is 0 Å². The molecule has 6 nitrogen and oxygen atoms in total. The van der Waals surface area contributed by atoms with Gasteiger partial charge in [0.05, 0.1) is 13.3 Å². The molecule has 0 unspecified atom stereocenters. The highest BCUT2D eigenvalue weighted by atomic mass is 79.9. The van der Waals surface area contributed by atoms with Gasteiger partial charge in [-0.2, -0.15) is 5.10 Å². The minimum Gasteiger partial charge on any atom is -0.493 e. The van der Waals surface area contributed by atoms with Crippen LogP contribution in [0.2, 0.25) is 0 Å². The lowest BCUT2D eigenvalue weighted by atomic mass is 10.2. The fourth-order valence-electron chi connectivity index (χ4n) is 2.54. The Bertz CT molecular complexity index is 1020. The van der Waals surface area contributed by atoms with Crippen molar-refractivity contribution in [1.82, 2.24) is 5.43 Å². The summed E-state index contributed by atoms with van der Waals surface area (Å²) in [5.74, 6) is 0.861. The first-order valence-electron chi connectivity index (χ1n) is 8.79. The highest BCUT2D eigenvalue weighted by Gasteiger charge is 2.07. The van der Waals surface area contributed by atoms with Gasteiger partial charge in [0.2, 0.25) is 0 Å². The number of ether oxygens (including phenoxy) is 2. The van der Waals surface area contributed by atoms with E-state index in [4.69, 9.17) is 15.2 Å². The molecule has 3 rings (SSSR count). The second-order valence-corrected chi connectivity index (χ2v) is 7.07. The van der Waals surface area contributed by atoms with Crippen molar-refractivity contribution in [3.63, 3.8) is 0 Å². The van der Waals surface area contributed by atoms with E-state index in [1.807, 2.05) is 30.3 Å². The third-order valence-corrected chi connectivity index (χ3v) is 4.55. The third-order valence-electron chi connectivity index (χ3n) is 4.02. The SMILES string of the molecule is COc1cc(/C=N\NC(=O)c2cccc(N)c2)ccc1OCc1ccc(Br)cc1. The molecule has 0 aliphatic heterocycles. The van der Waals surface area contributed by atoms with Gasteiger partial charge in [0.15, 0.2) is 11.5 Å². The summed E-state index contributed by atoms with van der Waals surface area (Å²) in [5.41, 5.74) is 10.9. The van der Waals surface area contributed by atoms with Gasteiger partial charge in [0.1, 0.15) is 6.61 Å². The predicted molar refractivity (Wildman–Crippen MR) is 117 cm³/mol. The molecule has 3 N–H and O–H groups in total. The molecule has 0 saturated carbocycles. The number of rotatable bonds is 7. The number of methoxy groups -OCH3 is 1. The van der Waals surface area contributed by atoms with E-state index in [0.29, 0.717) is 29.4 Å². The molecule has 7 heteroatoms. The van der Waals surface area contributed by atoms with Crippen LogP contribution in [0, 0.1) is 0 Å². The van der Waals surface area contributed by atoms with E-state index in [0.717, 1.165) is 15.6 Å². The Morgan fingerprint density at radius 1 is 1.10 bits per heavy atom. The molecule has 148 valence electrons. The van der Waals surface area contributed by atoms with E-state index in [-0.39, 0.29) is 5.91 Å². The lowest BCUT2D eigenvalue weighted by Gasteiger charge is -2.11. The number of nitrogen functional groups attached to an aromatic ring is 1. The first-order chi connectivity index (χ1) is 14.0. The zero-order valence-corrected chi connectivity index (χ0v) is 17.3. The molecule has 29 heavy (non-hydrogen) atoms. The van der Waals surface area contributed by atoms with Crippen LogP contribution in [0.25, 0.3) is 0 Å². The van der Waals surface area contributed by atoms with Crippen LogP contribution >= 0.6 is 15.9 Å². The van der Waals surface area contributed by atoms with E-state index < -0.39 is 0 Å². The maximum atomic E-state index is 12.1. The van der Waals surface area contributed by atoms with Gasteiger partial charge in [-0.25, -0.2) is 5.43 Å². The number of nitrogens with two attached hydrogens (primary N) is 1. The predicted octanol–water partition coefficient (Wildman–Crippen LogP) is 4.38. The number of anilines is 1. The van der Waals surface area contributed by atoms with Gasteiger partial charge in [0, 0.05) is 15.7 Å². The molecule has 0 saturated heterocycles. The Morgan fingerprint density at radius 3 is 2.62 bits per heavy atom. The molecule has 1 amide bonds. The Morgan fingerprint density at radius 2 is 1.90 bits per heavy atom. The van der Waals surface area contributed by atoms with E-state index in [1.165, 1.54) is 6.21 Å². The number of nitrogens with one attached hydrogen (secondary N) is 1. The fourth-order valence-corrected chi connectivity index (χ4v) is 2.80. The zero-order valence-electron chi connectivity index (χ0n) is 15.8. The van der Waals surface area contributed by atoms with E-state index >= 15 is 0 Å². The maximum absolute atomic E-state index is 12.1. The second-order valence-electron chi connectivity index (χ2n) is 6.15. The summed E-state index contributed by atoms with van der Waals surface area (Å²) in [6.07, 6.45) is 1.53. The monoisotopic (exact) mass is 453 g/mol. The van der Waals surface area contributed by atoms with Gasteiger partial charge in [0.25, 0.3) is 5.91 Å². The largest absolute Gasteiger partial charge is 0.493 e. The minimum atomic E-state index is -0.338. The Hall–Kier alpha value is -3.32. The standard InChI is InChI=1S/C22H20BrN3O3/c1-28-21-11-16(13-25-26-22(27)17-3-2-4-19(24)12-17)7-10-20(21)29-14-15-5-8-18(23)9-6-15/h2-13H,14,24H2,1H3,(H,26,27)/b25-13-. The second kappa shape index (κ2) is 9.75. The van der Waals surface area contributed by atoms with Crippen molar-refractivity contribution in [3.8, 4) is 11.5 Å². The molecule has 3 aromatic rings. The highest BCUT2D eigenvalue weighted by Crippen LogP contribution is 2.28. The number of benzene rings is 3. The van der Waals surface area contributed by atoms with Crippen LogP contribution in [0.3, 0.4) is 0 Å². The normalized spacial score (nSPS) is 10.7. The van der Waals surface area contributed by atoms with Crippen LogP contribution in [0.5, 0.6) is 11.5 Å². The molecule has 0 fully saturated rings. The highest BCUT2D eigenvalue weighted by molar-refractivity contribution is 9.10. The number of hydrogen-bond donors (Lipinski definition) is 2. The van der Waals surface area contributed by atoms with Crippen molar-refractivity contribution in [2.24, 2.45) is 5.10 Å². The molecule has 0 atom stereocenters. The summed E-state index contributed by atoms with van der Waals surface area (Å²) in [7, 11) is 1.57. The summed E-state index contributed by atoms with van der Waals surface area (Å²) in [6, 6.07) is 20.0. The van der Waals surface area contributed by atoms with Crippen LogP contribution in [0.4, 0.5) is 5.69 Å². The quantitative estimate of drug-likeness (QED) is 0.315. The average Bonchev–Trinajstić information content (AvgIpc) is 2.73. The first-order valence-corrected chi connectivity index (χ1v) is 9.58. The molecule has 3 aromatic carbocycles. The summed E-state index contributed by atoms with van der Waals surface area (Å²) in [5, 5.41) is 3.99. The number of hydrazone groups is 1. The number of nitrogens with zero attached hydrogens (tertiary/aromatic N) is 1. The van der Waals surface area contributed by atoms with Crippen LogP contribution in [-0.2, 0) is 6.61 Å². The van der Waals surface area contributed by atoms with Crippen molar-refractivity contribution >= 4 is 33.7 Å². The summed E-state index contributed by atoms with van der Waals surface area (Å²) >= 11 is 3.41. The topological polar surface area (TPSA) is 85.9 Å². The lowest BCUT2D eigenvalue weighted by molar-refractivity contribution is 0.0955. The Labute approximate surface area is 177 Å². The molecular weight excluding hydrogens is 434 g/mol. The van der Waals surface area contributed by atoms with Crippen LogP contribution in [0.1, 0.15) is 21.5 Å². The molecule has 0 bridgehead atoms. The molecule has 0 aliphatic carbocycles. The third kappa shape index (κ3) is 5.83. The lowest BCUT2D eigenvalue weighted by Crippen LogP contribution is -2.17. The first kappa shape index (κ1) is 20.4. The fraction of sp³-hybridized carbons (Fsp3) is 0.0909. The molecule has 0 heterocycles. The smallest absolute Gasteiger partial charge is 0.271 e. The van der Waals surface area contributed by atoms with Gasteiger partial charge < -0.3 is 15.2 Å². The van der Waals surface area contributed by atoms with Crippen molar-refractivity contribution in [2.45, 2.75) is 6.61 Å². The summed E-state index contributed by atoms with van der Waals surface area (Å²) in [4.78, 5) is 12.1. The maximum Gasteiger partial charge on any atom is 0.271 e.